The Kier molecular flexibility index (Phi) is 3.24. The minimum atomic E-state index is -1.20. The molecule has 3 aromatic carbocycles. The summed E-state index contributed by atoms with van der Waals surface area (Å²) in [5, 5.41) is 9.42. The summed E-state index contributed by atoms with van der Waals surface area (Å²) in [6, 6.07) is 23.9. The van der Waals surface area contributed by atoms with E-state index in [2.05, 4.69) is 0 Å². The Morgan fingerprint density at radius 1 is 0.750 bits per heavy atom. The Hall–Kier alpha value is -3.27. The molecule has 4 heteroatoms. The fourth-order valence-corrected chi connectivity index (χ4v) is 2.91. The molecule has 1 heterocycles. The summed E-state index contributed by atoms with van der Waals surface area (Å²) in [6.07, 6.45) is 0. The molecule has 0 aromatic heterocycles. The molecule has 0 atom stereocenters. The molecule has 0 amide bonds. The number of aromatic carboxylic acids is 1. The van der Waals surface area contributed by atoms with Gasteiger partial charge in [-0.2, -0.15) is 0 Å². The van der Waals surface area contributed by atoms with E-state index in [9.17, 15) is 9.90 Å². The fraction of sp³-hybridized carbons (Fsp3) is 0.0500. The van der Waals surface area contributed by atoms with Gasteiger partial charge >= 0.3 is 11.8 Å². The Labute approximate surface area is 138 Å². The maximum atomic E-state index is 11.5. The normalized spacial score (nSPS) is 14.3. The zero-order valence-electron chi connectivity index (χ0n) is 12.7. The third-order valence-corrected chi connectivity index (χ3v) is 4.02. The second-order valence-electron chi connectivity index (χ2n) is 5.49. The van der Waals surface area contributed by atoms with E-state index in [1.165, 1.54) is 6.07 Å². The van der Waals surface area contributed by atoms with Gasteiger partial charge in [0.1, 0.15) is 5.56 Å². The van der Waals surface area contributed by atoms with Crippen molar-refractivity contribution in [3.8, 4) is 11.5 Å². The van der Waals surface area contributed by atoms with Crippen molar-refractivity contribution >= 4 is 5.97 Å². The second kappa shape index (κ2) is 5.42. The molecular formula is C20H14O4. The van der Waals surface area contributed by atoms with Crippen LogP contribution < -0.4 is 9.47 Å². The number of benzene rings is 3. The first-order valence-corrected chi connectivity index (χ1v) is 7.56. The molecule has 0 fully saturated rings. The average molecular weight is 318 g/mol. The number of ether oxygens (including phenoxy) is 2. The van der Waals surface area contributed by atoms with Gasteiger partial charge in [0.05, 0.1) is 0 Å². The summed E-state index contributed by atoms with van der Waals surface area (Å²) in [6.45, 7) is 0. The Morgan fingerprint density at radius 3 is 1.88 bits per heavy atom. The standard InChI is InChI=1S/C20H14O4/c21-19(22)16-12-7-13-17-18(16)24-20(23-17,14-8-3-1-4-9-14)15-10-5-2-6-11-15/h1-13H,(H,21,22). The summed E-state index contributed by atoms with van der Waals surface area (Å²) >= 11 is 0. The number of carboxylic acid groups (broad SMARTS) is 1. The summed E-state index contributed by atoms with van der Waals surface area (Å²) in [4.78, 5) is 11.5. The van der Waals surface area contributed by atoms with Crippen molar-refractivity contribution < 1.29 is 19.4 Å². The first-order chi connectivity index (χ1) is 11.7. The zero-order chi connectivity index (χ0) is 16.6. The summed E-state index contributed by atoms with van der Waals surface area (Å²) < 4.78 is 12.3. The maximum absolute atomic E-state index is 11.5. The highest BCUT2D eigenvalue weighted by molar-refractivity contribution is 5.92. The SMILES string of the molecule is O=C(O)c1cccc2c1OC(c1ccccc1)(c1ccccc1)O2. The van der Waals surface area contributed by atoms with Crippen LogP contribution in [0.1, 0.15) is 21.5 Å². The number of hydrogen-bond acceptors (Lipinski definition) is 3. The van der Waals surface area contributed by atoms with Crippen molar-refractivity contribution in [1.29, 1.82) is 0 Å². The molecule has 24 heavy (non-hydrogen) atoms. The Bertz CT molecular complexity index is 849. The third-order valence-electron chi connectivity index (χ3n) is 4.02. The van der Waals surface area contributed by atoms with Crippen LogP contribution in [0.4, 0.5) is 0 Å². The molecule has 0 bridgehead atoms. The van der Waals surface area contributed by atoms with Gasteiger partial charge in [0.2, 0.25) is 0 Å². The number of rotatable bonds is 3. The van der Waals surface area contributed by atoms with Gasteiger partial charge in [-0.25, -0.2) is 4.79 Å². The lowest BCUT2D eigenvalue weighted by Crippen LogP contribution is -2.36. The van der Waals surface area contributed by atoms with Gasteiger partial charge in [-0.15, -0.1) is 0 Å². The van der Waals surface area contributed by atoms with Gasteiger partial charge in [-0.05, 0) is 12.1 Å². The highest BCUT2D eigenvalue weighted by Gasteiger charge is 2.46. The van der Waals surface area contributed by atoms with Crippen molar-refractivity contribution in [2.45, 2.75) is 5.79 Å². The van der Waals surface area contributed by atoms with E-state index >= 15 is 0 Å². The second-order valence-corrected chi connectivity index (χ2v) is 5.49. The van der Waals surface area contributed by atoms with Gasteiger partial charge in [0.25, 0.3) is 0 Å². The van der Waals surface area contributed by atoms with Crippen LogP contribution in [0.2, 0.25) is 0 Å². The molecule has 1 aliphatic heterocycles. The topological polar surface area (TPSA) is 55.8 Å². The summed E-state index contributed by atoms with van der Waals surface area (Å²) in [7, 11) is 0. The van der Waals surface area contributed by atoms with E-state index in [1.54, 1.807) is 12.1 Å². The van der Waals surface area contributed by atoms with Crippen LogP contribution in [-0.2, 0) is 5.79 Å². The lowest BCUT2D eigenvalue weighted by Gasteiger charge is -2.28. The highest BCUT2D eigenvalue weighted by atomic mass is 16.7. The molecule has 0 spiro atoms. The minimum Gasteiger partial charge on any atom is -0.478 e. The van der Waals surface area contributed by atoms with Crippen LogP contribution in [0.5, 0.6) is 11.5 Å². The smallest absolute Gasteiger partial charge is 0.339 e. The molecule has 4 nitrogen and oxygen atoms in total. The molecule has 1 N–H and O–H groups in total. The van der Waals surface area contributed by atoms with E-state index in [0.717, 1.165) is 11.1 Å². The summed E-state index contributed by atoms with van der Waals surface area (Å²) in [5.41, 5.74) is 1.67. The molecule has 0 radical (unpaired) electrons. The first kappa shape index (κ1) is 14.3. The van der Waals surface area contributed by atoms with E-state index in [-0.39, 0.29) is 11.3 Å². The van der Waals surface area contributed by atoms with Gasteiger partial charge in [-0.1, -0.05) is 66.7 Å². The molecule has 0 saturated heterocycles. The first-order valence-electron chi connectivity index (χ1n) is 7.56. The molecule has 3 aromatic rings. The number of fused-ring (bicyclic) bond motifs is 1. The third kappa shape index (κ3) is 2.12. The van der Waals surface area contributed by atoms with E-state index < -0.39 is 11.8 Å². The largest absolute Gasteiger partial charge is 0.478 e. The maximum Gasteiger partial charge on any atom is 0.339 e. The van der Waals surface area contributed by atoms with Gasteiger partial charge in [0.15, 0.2) is 11.5 Å². The predicted molar refractivity (Wildman–Crippen MR) is 88.3 cm³/mol. The van der Waals surface area contributed by atoms with Crippen LogP contribution in [0, 0.1) is 0 Å². The van der Waals surface area contributed by atoms with E-state index in [0.29, 0.717) is 5.75 Å². The van der Waals surface area contributed by atoms with Crippen molar-refractivity contribution in [3.05, 3.63) is 95.6 Å². The predicted octanol–water partition coefficient (Wildman–Crippen LogP) is 4.06. The monoisotopic (exact) mass is 318 g/mol. The highest BCUT2D eigenvalue weighted by Crippen LogP contribution is 2.49. The number of para-hydroxylation sites is 1. The molecule has 0 aliphatic carbocycles. The molecule has 0 unspecified atom stereocenters. The lowest BCUT2D eigenvalue weighted by molar-refractivity contribution is -0.0462. The Morgan fingerprint density at radius 2 is 1.33 bits per heavy atom. The quantitative estimate of drug-likeness (QED) is 0.791. The van der Waals surface area contributed by atoms with Crippen molar-refractivity contribution in [3.63, 3.8) is 0 Å². The van der Waals surface area contributed by atoms with Gasteiger partial charge in [0, 0.05) is 11.1 Å². The number of hydrogen-bond donors (Lipinski definition) is 1. The molecular weight excluding hydrogens is 304 g/mol. The lowest BCUT2D eigenvalue weighted by atomic mass is 9.97. The molecule has 0 saturated carbocycles. The van der Waals surface area contributed by atoms with Crippen molar-refractivity contribution in [2.24, 2.45) is 0 Å². The van der Waals surface area contributed by atoms with Crippen LogP contribution in [0.15, 0.2) is 78.9 Å². The van der Waals surface area contributed by atoms with Crippen molar-refractivity contribution in [2.75, 3.05) is 0 Å². The van der Waals surface area contributed by atoms with Crippen LogP contribution in [-0.4, -0.2) is 11.1 Å². The fourth-order valence-electron chi connectivity index (χ4n) is 2.91. The number of carboxylic acids is 1. The van der Waals surface area contributed by atoms with Crippen LogP contribution in [0.25, 0.3) is 0 Å². The molecule has 118 valence electrons. The minimum absolute atomic E-state index is 0.0845. The van der Waals surface area contributed by atoms with Crippen molar-refractivity contribution in [1.82, 2.24) is 0 Å². The number of carbonyl (C=O) groups is 1. The summed E-state index contributed by atoms with van der Waals surface area (Å²) in [5.74, 6) is -1.58. The Balaban J connectivity index is 1.92. The zero-order valence-corrected chi connectivity index (χ0v) is 12.7. The van der Waals surface area contributed by atoms with E-state index in [1.807, 2.05) is 60.7 Å². The molecule has 4 rings (SSSR count). The van der Waals surface area contributed by atoms with E-state index in [4.69, 9.17) is 9.47 Å². The van der Waals surface area contributed by atoms with Crippen LogP contribution in [0.3, 0.4) is 0 Å². The van der Waals surface area contributed by atoms with Crippen LogP contribution >= 0.6 is 0 Å². The van der Waals surface area contributed by atoms with Gasteiger partial charge < -0.3 is 14.6 Å². The van der Waals surface area contributed by atoms with Gasteiger partial charge in [-0.3, -0.25) is 0 Å². The molecule has 1 aliphatic rings. The average Bonchev–Trinajstić information content (AvgIpc) is 3.04.